The second kappa shape index (κ2) is 7.23. The Morgan fingerprint density at radius 1 is 1.32 bits per heavy atom. The van der Waals surface area contributed by atoms with Crippen LogP contribution in [0.25, 0.3) is 0 Å². The van der Waals surface area contributed by atoms with Crippen LogP contribution in [0.1, 0.15) is 29.3 Å². The molecule has 0 fully saturated rings. The fourth-order valence-electron chi connectivity index (χ4n) is 2.73. The third kappa shape index (κ3) is 4.08. The monoisotopic (exact) mass is 382 g/mol. The van der Waals surface area contributed by atoms with Gasteiger partial charge in [0.2, 0.25) is 15.9 Å². The number of thiophene rings is 1. The molecule has 0 aliphatic carbocycles. The maximum Gasteiger partial charge on any atom is 0.250 e. The van der Waals surface area contributed by atoms with E-state index in [1.54, 1.807) is 23.1 Å². The van der Waals surface area contributed by atoms with Crippen LogP contribution in [-0.4, -0.2) is 25.8 Å². The minimum Gasteiger partial charge on any atom is -0.338 e. The SMILES string of the molecule is CCC(=O)N1CCc2sc(S(=O)(=O)NCc3ccc(F)cc3)cc2C1. The van der Waals surface area contributed by atoms with Gasteiger partial charge >= 0.3 is 0 Å². The van der Waals surface area contributed by atoms with Crippen molar-refractivity contribution >= 4 is 27.3 Å². The number of hydrogen-bond donors (Lipinski definition) is 1. The van der Waals surface area contributed by atoms with Crippen molar-refractivity contribution in [3.05, 3.63) is 52.2 Å². The molecule has 1 aliphatic heterocycles. The van der Waals surface area contributed by atoms with Gasteiger partial charge in [-0.1, -0.05) is 19.1 Å². The molecule has 1 aromatic carbocycles. The second-order valence-electron chi connectivity index (χ2n) is 5.88. The van der Waals surface area contributed by atoms with E-state index in [-0.39, 0.29) is 22.5 Å². The maximum absolute atomic E-state index is 12.9. The van der Waals surface area contributed by atoms with Crippen LogP contribution in [0.15, 0.2) is 34.5 Å². The first-order valence-electron chi connectivity index (χ1n) is 8.02. The molecule has 3 rings (SSSR count). The summed E-state index contributed by atoms with van der Waals surface area (Å²) < 4.78 is 40.7. The van der Waals surface area contributed by atoms with Crippen LogP contribution in [-0.2, 0) is 34.3 Å². The Kier molecular flexibility index (Phi) is 5.21. The van der Waals surface area contributed by atoms with Crippen molar-refractivity contribution in [3.8, 4) is 0 Å². The van der Waals surface area contributed by atoms with E-state index in [1.807, 2.05) is 6.92 Å². The number of hydrogen-bond acceptors (Lipinski definition) is 4. The van der Waals surface area contributed by atoms with Crippen molar-refractivity contribution in [1.82, 2.24) is 9.62 Å². The Bertz CT molecular complexity index is 876. The van der Waals surface area contributed by atoms with Gasteiger partial charge in [0.25, 0.3) is 0 Å². The average Bonchev–Trinajstić information content (AvgIpc) is 3.05. The highest BCUT2D eigenvalue weighted by Gasteiger charge is 2.25. The van der Waals surface area contributed by atoms with Crippen molar-refractivity contribution in [1.29, 1.82) is 0 Å². The minimum absolute atomic E-state index is 0.0793. The molecule has 134 valence electrons. The molecule has 0 radical (unpaired) electrons. The number of nitrogens with one attached hydrogen (secondary N) is 1. The number of benzene rings is 1. The molecule has 0 spiro atoms. The predicted molar refractivity (Wildman–Crippen MR) is 94.2 cm³/mol. The molecule has 0 atom stereocenters. The van der Waals surface area contributed by atoms with Gasteiger partial charge in [-0.25, -0.2) is 17.5 Å². The number of halogens is 1. The lowest BCUT2D eigenvalue weighted by Crippen LogP contribution is -2.34. The van der Waals surface area contributed by atoms with E-state index in [9.17, 15) is 17.6 Å². The molecule has 1 aliphatic rings. The Morgan fingerprint density at radius 3 is 2.72 bits per heavy atom. The van der Waals surface area contributed by atoms with Crippen LogP contribution in [0, 0.1) is 5.82 Å². The fourth-order valence-corrected chi connectivity index (χ4v) is 5.33. The second-order valence-corrected chi connectivity index (χ2v) is 9.01. The van der Waals surface area contributed by atoms with E-state index in [1.165, 1.54) is 23.5 Å². The number of sulfonamides is 1. The molecule has 1 N–H and O–H groups in total. The number of amides is 1. The third-order valence-electron chi connectivity index (χ3n) is 4.14. The van der Waals surface area contributed by atoms with Gasteiger partial charge < -0.3 is 4.90 Å². The molecule has 0 saturated carbocycles. The number of carbonyl (C=O) groups is 1. The van der Waals surface area contributed by atoms with E-state index in [2.05, 4.69) is 4.72 Å². The largest absolute Gasteiger partial charge is 0.338 e. The molecule has 1 aromatic heterocycles. The van der Waals surface area contributed by atoms with Gasteiger partial charge in [-0.15, -0.1) is 11.3 Å². The van der Waals surface area contributed by atoms with E-state index in [4.69, 9.17) is 0 Å². The summed E-state index contributed by atoms with van der Waals surface area (Å²) in [4.78, 5) is 14.6. The van der Waals surface area contributed by atoms with Crippen molar-refractivity contribution in [3.63, 3.8) is 0 Å². The molecule has 0 bridgehead atoms. The molecular weight excluding hydrogens is 363 g/mol. The zero-order valence-corrected chi connectivity index (χ0v) is 15.4. The first-order chi connectivity index (χ1) is 11.9. The van der Waals surface area contributed by atoms with Crippen LogP contribution >= 0.6 is 11.3 Å². The molecule has 0 unspecified atom stereocenters. The van der Waals surface area contributed by atoms with Gasteiger partial charge in [-0.2, -0.15) is 0 Å². The van der Waals surface area contributed by atoms with E-state index in [0.29, 0.717) is 31.5 Å². The number of nitrogens with zero attached hydrogens (tertiary/aromatic N) is 1. The van der Waals surface area contributed by atoms with Crippen molar-refractivity contribution in [2.75, 3.05) is 6.54 Å². The normalized spacial score (nSPS) is 14.4. The summed E-state index contributed by atoms with van der Waals surface area (Å²) in [5.74, 6) is -0.278. The average molecular weight is 382 g/mol. The van der Waals surface area contributed by atoms with Crippen LogP contribution in [0.2, 0.25) is 0 Å². The standard InChI is InChI=1S/C17H19FN2O3S2/c1-2-16(21)20-8-7-15-13(11-20)9-17(24-15)25(22,23)19-10-12-3-5-14(18)6-4-12/h3-6,9,19H,2,7-8,10-11H2,1H3. The summed E-state index contributed by atoms with van der Waals surface area (Å²) in [6.45, 7) is 3.01. The molecule has 0 saturated heterocycles. The first-order valence-corrected chi connectivity index (χ1v) is 10.3. The molecule has 2 aromatic rings. The number of fused-ring (bicyclic) bond motifs is 1. The van der Waals surface area contributed by atoms with Crippen molar-refractivity contribution in [2.24, 2.45) is 0 Å². The van der Waals surface area contributed by atoms with Gasteiger partial charge in [0.05, 0.1) is 0 Å². The maximum atomic E-state index is 12.9. The van der Waals surface area contributed by atoms with Gasteiger partial charge in [-0.05, 0) is 35.7 Å². The van der Waals surface area contributed by atoms with Gasteiger partial charge in [0.1, 0.15) is 10.0 Å². The lowest BCUT2D eigenvalue weighted by molar-refractivity contribution is -0.131. The molecule has 25 heavy (non-hydrogen) atoms. The smallest absolute Gasteiger partial charge is 0.250 e. The fraction of sp³-hybridized carbons (Fsp3) is 0.353. The van der Waals surface area contributed by atoms with Gasteiger partial charge in [-0.3, -0.25) is 4.79 Å². The van der Waals surface area contributed by atoms with Crippen LogP contribution in [0.5, 0.6) is 0 Å². The van der Waals surface area contributed by atoms with Crippen molar-refractivity contribution in [2.45, 2.75) is 37.1 Å². The minimum atomic E-state index is -3.63. The van der Waals surface area contributed by atoms with E-state index in [0.717, 1.165) is 10.4 Å². The first kappa shape index (κ1) is 18.0. The van der Waals surface area contributed by atoms with Crippen molar-refractivity contribution < 1.29 is 17.6 Å². The van der Waals surface area contributed by atoms with Crippen LogP contribution < -0.4 is 4.72 Å². The highest BCUT2D eigenvalue weighted by molar-refractivity contribution is 7.91. The van der Waals surface area contributed by atoms with Crippen LogP contribution in [0.4, 0.5) is 4.39 Å². The summed E-state index contributed by atoms with van der Waals surface area (Å²) in [5.41, 5.74) is 1.59. The summed E-state index contributed by atoms with van der Waals surface area (Å²) in [6, 6.07) is 7.35. The quantitative estimate of drug-likeness (QED) is 0.865. The Hall–Kier alpha value is -1.77. The Morgan fingerprint density at radius 2 is 2.04 bits per heavy atom. The third-order valence-corrected chi connectivity index (χ3v) is 7.26. The number of carbonyl (C=O) groups excluding carboxylic acids is 1. The van der Waals surface area contributed by atoms with E-state index < -0.39 is 10.0 Å². The highest BCUT2D eigenvalue weighted by atomic mass is 32.2. The van der Waals surface area contributed by atoms with E-state index >= 15 is 0 Å². The van der Waals surface area contributed by atoms with Gasteiger partial charge in [0.15, 0.2) is 0 Å². The zero-order valence-electron chi connectivity index (χ0n) is 13.8. The lowest BCUT2D eigenvalue weighted by Gasteiger charge is -2.26. The van der Waals surface area contributed by atoms with Gasteiger partial charge in [0, 0.05) is 30.9 Å². The lowest BCUT2D eigenvalue weighted by atomic mass is 10.1. The molecule has 5 nitrogen and oxygen atoms in total. The molecule has 1 amide bonds. The highest BCUT2D eigenvalue weighted by Crippen LogP contribution is 2.31. The van der Waals surface area contributed by atoms with Crippen LogP contribution in [0.3, 0.4) is 0 Å². The molecule has 2 heterocycles. The molecule has 8 heteroatoms. The zero-order chi connectivity index (χ0) is 18.0. The predicted octanol–water partition coefficient (Wildman–Crippen LogP) is 2.66. The summed E-state index contributed by atoms with van der Waals surface area (Å²) in [5, 5.41) is 0. The summed E-state index contributed by atoms with van der Waals surface area (Å²) in [6.07, 6.45) is 1.13. The topological polar surface area (TPSA) is 66.5 Å². The number of rotatable bonds is 5. The summed E-state index contributed by atoms with van der Waals surface area (Å²) >= 11 is 1.25. The Labute approximate surface area is 150 Å². The Balaban J connectivity index is 1.72. The summed E-state index contributed by atoms with van der Waals surface area (Å²) in [7, 11) is -3.63. The molecular formula is C17H19FN2O3S2.